The first kappa shape index (κ1) is 24.4. The maximum absolute atomic E-state index is 13.2. The number of hydrazone groups is 1. The third-order valence-corrected chi connectivity index (χ3v) is 9.11. The number of carbonyl (C=O) groups excluding carboxylic acids is 1. The van der Waals surface area contributed by atoms with Gasteiger partial charge in [0.1, 0.15) is 5.69 Å². The van der Waals surface area contributed by atoms with Crippen molar-refractivity contribution in [2.75, 3.05) is 32.2 Å². The number of rotatable bonds is 4. The Morgan fingerprint density at radius 2 is 1.95 bits per heavy atom. The van der Waals surface area contributed by atoms with Crippen LogP contribution in [0.2, 0.25) is 5.02 Å². The first-order valence-corrected chi connectivity index (χ1v) is 13.8. The first-order valence-electron chi connectivity index (χ1n) is 13.5. The Morgan fingerprint density at radius 1 is 1.14 bits per heavy atom. The largest absolute Gasteiger partial charge is 0.336 e. The lowest BCUT2D eigenvalue weighted by Gasteiger charge is -2.34. The molecule has 1 amide bonds. The highest BCUT2D eigenvalue weighted by Gasteiger charge is 2.46. The standard InChI is InChI=1S/C29H33ClN6O/c1-31-25-11-8-19(16-23(25)30)36-28(18-6-4-5-7-18)22-10-12-24-21(27(22)33-36)9-13-26(32-24)29(37)35-15-14-20(17-35)34(2)3/h8-9,11,13,16,18,20,22,28H,4-7,10,12,14-15,17H2,2-3H3/t20-,22?,28?/m1/s1. The second kappa shape index (κ2) is 9.74. The molecule has 1 saturated heterocycles. The second-order valence-electron chi connectivity index (χ2n) is 11.1. The Bertz CT molecular complexity index is 1290. The first-order chi connectivity index (χ1) is 17.9. The van der Waals surface area contributed by atoms with E-state index in [0.29, 0.717) is 34.3 Å². The van der Waals surface area contributed by atoms with Crippen LogP contribution in [0.1, 0.15) is 60.3 Å². The number of anilines is 1. The van der Waals surface area contributed by atoms with Crippen molar-refractivity contribution in [1.29, 1.82) is 0 Å². The van der Waals surface area contributed by atoms with E-state index in [4.69, 9.17) is 28.3 Å². The van der Waals surface area contributed by atoms with Crippen LogP contribution in [0.25, 0.3) is 4.85 Å². The quantitative estimate of drug-likeness (QED) is 0.510. The van der Waals surface area contributed by atoms with E-state index in [9.17, 15) is 4.79 Å². The summed E-state index contributed by atoms with van der Waals surface area (Å²) in [5.41, 5.74) is 5.10. The van der Waals surface area contributed by atoms with E-state index in [-0.39, 0.29) is 11.9 Å². The molecule has 0 spiro atoms. The SMILES string of the molecule is [C-]#[N+]c1ccc(N2N=C3c4ccc(C(=O)N5CC[C@@H](N(C)C)C5)nc4CCC3C2C2CCCC2)cc1Cl. The molecule has 3 atom stereocenters. The number of likely N-dealkylation sites (N-methyl/N-ethyl adjacent to an activating group) is 1. The predicted octanol–water partition coefficient (Wildman–Crippen LogP) is 5.41. The topological polar surface area (TPSA) is 56.4 Å². The van der Waals surface area contributed by atoms with E-state index >= 15 is 0 Å². The Kier molecular flexibility index (Phi) is 6.42. The summed E-state index contributed by atoms with van der Waals surface area (Å²) in [5.74, 6) is 0.945. The highest BCUT2D eigenvalue weighted by Crippen LogP contribution is 2.45. The van der Waals surface area contributed by atoms with E-state index in [0.717, 1.165) is 55.0 Å². The molecule has 2 aliphatic heterocycles. The monoisotopic (exact) mass is 516 g/mol. The summed E-state index contributed by atoms with van der Waals surface area (Å²) in [6, 6.07) is 10.3. The maximum Gasteiger partial charge on any atom is 0.272 e. The fourth-order valence-corrected chi connectivity index (χ4v) is 7.00. The van der Waals surface area contributed by atoms with Gasteiger partial charge in [-0.05, 0) is 76.4 Å². The van der Waals surface area contributed by atoms with Crippen LogP contribution in [0.3, 0.4) is 0 Å². The molecule has 2 aliphatic carbocycles. The number of likely N-dealkylation sites (tertiary alicyclic amines) is 1. The number of benzene rings is 1. The van der Waals surface area contributed by atoms with E-state index in [2.05, 4.69) is 34.9 Å². The van der Waals surface area contributed by atoms with Gasteiger partial charge in [-0.15, -0.1) is 0 Å². The molecule has 192 valence electrons. The van der Waals surface area contributed by atoms with Crippen LogP contribution in [-0.2, 0) is 6.42 Å². The summed E-state index contributed by atoms with van der Waals surface area (Å²) in [5, 5.41) is 7.84. The van der Waals surface area contributed by atoms with Crippen molar-refractivity contribution in [2.45, 2.75) is 57.0 Å². The number of amides is 1. The second-order valence-corrected chi connectivity index (χ2v) is 11.5. The summed E-state index contributed by atoms with van der Waals surface area (Å²) in [7, 11) is 4.15. The van der Waals surface area contributed by atoms with Crippen molar-refractivity contribution in [2.24, 2.45) is 16.9 Å². The van der Waals surface area contributed by atoms with Crippen LogP contribution < -0.4 is 5.01 Å². The van der Waals surface area contributed by atoms with Crippen LogP contribution in [0.5, 0.6) is 0 Å². The lowest BCUT2D eigenvalue weighted by molar-refractivity contribution is 0.0777. The molecular formula is C29H33ClN6O. The van der Waals surface area contributed by atoms with Crippen molar-refractivity contribution >= 4 is 34.6 Å². The molecule has 4 aliphatic rings. The zero-order valence-electron chi connectivity index (χ0n) is 21.5. The molecule has 8 heteroatoms. The number of nitrogens with zero attached hydrogens (tertiary/aromatic N) is 6. The number of fused-ring (bicyclic) bond motifs is 3. The fourth-order valence-electron chi connectivity index (χ4n) is 6.78. The van der Waals surface area contributed by atoms with Crippen molar-refractivity contribution in [3.05, 3.63) is 63.7 Å². The van der Waals surface area contributed by atoms with Crippen molar-refractivity contribution in [3.63, 3.8) is 0 Å². The van der Waals surface area contributed by atoms with Crippen LogP contribution in [0.4, 0.5) is 11.4 Å². The van der Waals surface area contributed by atoms with Gasteiger partial charge in [0.2, 0.25) is 5.69 Å². The molecule has 37 heavy (non-hydrogen) atoms. The van der Waals surface area contributed by atoms with Crippen LogP contribution in [-0.4, -0.2) is 65.7 Å². The molecular weight excluding hydrogens is 484 g/mol. The molecule has 2 fully saturated rings. The van der Waals surface area contributed by atoms with E-state index < -0.39 is 0 Å². The van der Waals surface area contributed by atoms with Crippen molar-refractivity contribution in [1.82, 2.24) is 14.8 Å². The average molecular weight is 517 g/mol. The Balaban J connectivity index is 1.32. The summed E-state index contributed by atoms with van der Waals surface area (Å²) in [6.45, 7) is 8.88. The molecule has 3 heterocycles. The Labute approximate surface area is 223 Å². The lowest BCUT2D eigenvalue weighted by Crippen LogP contribution is -2.41. The van der Waals surface area contributed by atoms with Gasteiger partial charge in [-0.2, -0.15) is 5.10 Å². The molecule has 0 N–H and O–H groups in total. The van der Waals surface area contributed by atoms with Gasteiger partial charge in [-0.25, -0.2) is 9.83 Å². The highest BCUT2D eigenvalue weighted by atomic mass is 35.5. The molecule has 1 aromatic heterocycles. The van der Waals surface area contributed by atoms with Gasteiger partial charge in [0.25, 0.3) is 5.91 Å². The van der Waals surface area contributed by atoms with E-state index in [1.165, 1.54) is 25.7 Å². The number of aromatic nitrogens is 1. The summed E-state index contributed by atoms with van der Waals surface area (Å²) < 4.78 is 0. The minimum atomic E-state index is 0.0302. The number of pyridine rings is 1. The number of aryl methyl sites for hydroxylation is 1. The third kappa shape index (κ3) is 4.30. The summed E-state index contributed by atoms with van der Waals surface area (Å²) >= 11 is 6.44. The zero-order valence-corrected chi connectivity index (χ0v) is 22.3. The average Bonchev–Trinajstić information content (AvgIpc) is 3.67. The smallest absolute Gasteiger partial charge is 0.272 e. The van der Waals surface area contributed by atoms with Gasteiger partial charge in [0, 0.05) is 35.6 Å². The fraction of sp³-hybridized carbons (Fsp3) is 0.517. The van der Waals surface area contributed by atoms with E-state index in [1.54, 1.807) is 6.07 Å². The maximum atomic E-state index is 13.2. The number of halogens is 1. The van der Waals surface area contributed by atoms with Gasteiger partial charge in [0.15, 0.2) is 0 Å². The molecule has 0 bridgehead atoms. The lowest BCUT2D eigenvalue weighted by atomic mass is 9.76. The molecule has 2 aromatic rings. The Hall–Kier alpha value is -2.95. The third-order valence-electron chi connectivity index (χ3n) is 8.80. The number of hydrogen-bond donors (Lipinski definition) is 0. The molecule has 1 saturated carbocycles. The minimum Gasteiger partial charge on any atom is -0.336 e. The highest BCUT2D eigenvalue weighted by molar-refractivity contribution is 6.33. The van der Waals surface area contributed by atoms with Gasteiger partial charge in [-0.1, -0.05) is 30.5 Å². The summed E-state index contributed by atoms with van der Waals surface area (Å²) in [6.07, 6.45) is 7.81. The molecule has 2 unspecified atom stereocenters. The van der Waals surface area contributed by atoms with Gasteiger partial charge >= 0.3 is 0 Å². The van der Waals surface area contributed by atoms with Crippen molar-refractivity contribution < 1.29 is 4.79 Å². The van der Waals surface area contributed by atoms with E-state index in [1.807, 2.05) is 23.1 Å². The van der Waals surface area contributed by atoms with Gasteiger partial charge in [-0.3, -0.25) is 9.80 Å². The number of hydrogen-bond acceptors (Lipinski definition) is 5. The minimum absolute atomic E-state index is 0.0302. The van der Waals surface area contributed by atoms with Gasteiger partial charge < -0.3 is 9.80 Å². The van der Waals surface area contributed by atoms with Gasteiger partial charge in [0.05, 0.1) is 29.7 Å². The van der Waals surface area contributed by atoms with Crippen LogP contribution >= 0.6 is 11.6 Å². The molecule has 7 nitrogen and oxygen atoms in total. The Morgan fingerprint density at radius 3 is 2.65 bits per heavy atom. The van der Waals surface area contributed by atoms with Crippen molar-refractivity contribution in [3.8, 4) is 0 Å². The normalized spacial score (nSPS) is 25.3. The predicted molar refractivity (Wildman–Crippen MR) is 147 cm³/mol. The van der Waals surface area contributed by atoms with Crippen LogP contribution in [0.15, 0.2) is 35.4 Å². The number of carbonyl (C=O) groups is 1. The zero-order chi connectivity index (χ0) is 25.7. The molecule has 1 aromatic carbocycles. The summed E-state index contributed by atoms with van der Waals surface area (Å²) in [4.78, 5) is 25.8. The molecule has 6 rings (SSSR count). The van der Waals surface area contributed by atoms with Crippen LogP contribution in [0, 0.1) is 18.4 Å². The molecule has 0 radical (unpaired) electrons.